The molecular weight excluding hydrogens is 318 g/mol. The minimum absolute atomic E-state index is 0.195. The zero-order valence-corrected chi connectivity index (χ0v) is 14.3. The number of carboxylic acid groups (broad SMARTS) is 1. The molecule has 0 saturated carbocycles. The average Bonchev–Trinajstić information content (AvgIpc) is 2.60. The first-order chi connectivity index (χ1) is 12.0. The molecule has 1 unspecified atom stereocenters. The van der Waals surface area contributed by atoms with Crippen LogP contribution >= 0.6 is 0 Å². The molecule has 0 saturated heterocycles. The largest absolute Gasteiger partial charge is 0.481 e. The van der Waals surface area contributed by atoms with Gasteiger partial charge in [-0.05, 0) is 29.7 Å². The summed E-state index contributed by atoms with van der Waals surface area (Å²) in [6, 6.07) is 12.7. The number of aliphatic carboxylic acids is 1. The fourth-order valence-electron chi connectivity index (χ4n) is 2.66. The van der Waals surface area contributed by atoms with E-state index in [1.807, 2.05) is 42.5 Å². The molecule has 0 heterocycles. The number of fused-ring (bicyclic) bond motifs is 1. The van der Waals surface area contributed by atoms with Gasteiger partial charge >= 0.3 is 5.97 Å². The van der Waals surface area contributed by atoms with Crippen molar-refractivity contribution in [2.24, 2.45) is 0 Å². The van der Waals surface area contributed by atoms with Crippen LogP contribution in [0.15, 0.2) is 55.1 Å². The summed E-state index contributed by atoms with van der Waals surface area (Å²) in [5, 5.41) is 14.0. The van der Waals surface area contributed by atoms with Crippen LogP contribution in [0, 0.1) is 0 Å². The lowest BCUT2D eigenvalue weighted by atomic mass is 9.96. The number of ether oxygens (including phenoxy) is 1. The van der Waals surface area contributed by atoms with Gasteiger partial charge in [0.2, 0.25) is 5.91 Å². The van der Waals surface area contributed by atoms with Crippen LogP contribution in [-0.2, 0) is 14.3 Å². The van der Waals surface area contributed by atoms with Crippen molar-refractivity contribution < 1.29 is 19.4 Å². The first-order valence-electron chi connectivity index (χ1n) is 8.25. The van der Waals surface area contributed by atoms with Crippen LogP contribution in [0.25, 0.3) is 10.8 Å². The molecule has 2 N–H and O–H groups in total. The van der Waals surface area contributed by atoms with E-state index >= 15 is 0 Å². The van der Waals surface area contributed by atoms with E-state index in [4.69, 9.17) is 4.74 Å². The quantitative estimate of drug-likeness (QED) is 0.541. The maximum absolute atomic E-state index is 12.4. The molecule has 0 aliphatic rings. The minimum atomic E-state index is -0.974. The summed E-state index contributed by atoms with van der Waals surface area (Å²) in [6.07, 6.45) is 1.51. The average molecular weight is 341 g/mol. The number of hydrogen-bond acceptors (Lipinski definition) is 3. The molecule has 2 atom stereocenters. The lowest BCUT2D eigenvalue weighted by Gasteiger charge is -2.21. The molecule has 0 spiro atoms. The van der Waals surface area contributed by atoms with Crippen LogP contribution in [-0.4, -0.2) is 29.7 Å². The standard InChI is InChI=1S/C20H23NO4/c1-3-4-12-25-14(2)20(24)21-18(13-19(22)23)17-11-7-9-15-8-5-6-10-16(15)17/h3,5-11,14,18H,1,4,12-13H2,2H3,(H,21,24)(H,22,23)/t14?,18-/m1/s1. The van der Waals surface area contributed by atoms with Crippen molar-refractivity contribution in [3.63, 3.8) is 0 Å². The number of carbonyl (C=O) groups is 2. The van der Waals surface area contributed by atoms with Gasteiger partial charge in [-0.1, -0.05) is 48.5 Å². The molecular formula is C20H23NO4. The summed E-state index contributed by atoms with van der Waals surface area (Å²) in [5.74, 6) is -1.30. The minimum Gasteiger partial charge on any atom is -0.481 e. The summed E-state index contributed by atoms with van der Waals surface area (Å²) in [4.78, 5) is 23.7. The molecule has 2 aromatic rings. The van der Waals surface area contributed by atoms with E-state index in [-0.39, 0.29) is 12.3 Å². The van der Waals surface area contributed by atoms with Crippen molar-refractivity contribution in [3.05, 3.63) is 60.7 Å². The van der Waals surface area contributed by atoms with E-state index in [1.54, 1.807) is 13.0 Å². The van der Waals surface area contributed by atoms with Crippen LogP contribution in [0.4, 0.5) is 0 Å². The number of rotatable bonds is 9. The van der Waals surface area contributed by atoms with E-state index in [1.165, 1.54) is 0 Å². The molecule has 0 aliphatic carbocycles. The van der Waals surface area contributed by atoms with Crippen molar-refractivity contribution in [2.45, 2.75) is 31.9 Å². The lowest BCUT2D eigenvalue weighted by molar-refractivity contribution is -0.138. The zero-order valence-electron chi connectivity index (χ0n) is 14.3. The number of hydrogen-bond donors (Lipinski definition) is 2. The van der Waals surface area contributed by atoms with Gasteiger partial charge in [-0.25, -0.2) is 0 Å². The number of benzene rings is 2. The number of carboxylic acids is 1. The van der Waals surface area contributed by atoms with E-state index in [0.717, 1.165) is 16.3 Å². The van der Waals surface area contributed by atoms with E-state index in [2.05, 4.69) is 11.9 Å². The Balaban J connectivity index is 2.22. The van der Waals surface area contributed by atoms with Crippen LogP contribution in [0.5, 0.6) is 0 Å². The van der Waals surface area contributed by atoms with Gasteiger partial charge in [-0.3, -0.25) is 9.59 Å². The monoisotopic (exact) mass is 341 g/mol. The fraction of sp³-hybridized carbons (Fsp3) is 0.300. The normalized spacial score (nSPS) is 13.2. The maximum Gasteiger partial charge on any atom is 0.305 e. The molecule has 0 radical (unpaired) electrons. The Morgan fingerprint density at radius 3 is 2.68 bits per heavy atom. The molecule has 0 aromatic heterocycles. The van der Waals surface area contributed by atoms with Gasteiger partial charge in [-0.2, -0.15) is 0 Å². The predicted molar refractivity (Wildman–Crippen MR) is 97.3 cm³/mol. The van der Waals surface area contributed by atoms with Gasteiger partial charge in [0, 0.05) is 0 Å². The Hall–Kier alpha value is -2.66. The van der Waals surface area contributed by atoms with Gasteiger partial charge in [-0.15, -0.1) is 6.58 Å². The summed E-state index contributed by atoms with van der Waals surface area (Å²) in [5.41, 5.74) is 0.784. The first-order valence-corrected chi connectivity index (χ1v) is 8.25. The topological polar surface area (TPSA) is 75.6 Å². The van der Waals surface area contributed by atoms with Crippen molar-refractivity contribution >= 4 is 22.6 Å². The fourth-order valence-corrected chi connectivity index (χ4v) is 2.66. The second-order valence-electron chi connectivity index (χ2n) is 5.82. The third-order valence-electron chi connectivity index (χ3n) is 3.95. The van der Waals surface area contributed by atoms with Crippen molar-refractivity contribution in [3.8, 4) is 0 Å². The highest BCUT2D eigenvalue weighted by molar-refractivity contribution is 5.88. The molecule has 25 heavy (non-hydrogen) atoms. The van der Waals surface area contributed by atoms with Crippen molar-refractivity contribution in [2.75, 3.05) is 6.61 Å². The van der Waals surface area contributed by atoms with Gasteiger partial charge in [0.1, 0.15) is 6.10 Å². The van der Waals surface area contributed by atoms with Gasteiger partial charge in [0.25, 0.3) is 0 Å². The van der Waals surface area contributed by atoms with E-state index < -0.39 is 18.1 Å². The van der Waals surface area contributed by atoms with E-state index in [0.29, 0.717) is 13.0 Å². The summed E-state index contributed by atoms with van der Waals surface area (Å²) < 4.78 is 5.44. The molecule has 1 amide bonds. The summed E-state index contributed by atoms with van der Waals surface area (Å²) >= 11 is 0. The number of nitrogens with one attached hydrogen (secondary N) is 1. The van der Waals surface area contributed by atoms with Crippen LogP contribution in [0.1, 0.15) is 31.4 Å². The SMILES string of the molecule is C=CCCOC(C)C(=O)N[C@H](CC(=O)O)c1cccc2ccccc12. The Bertz CT molecular complexity index is 751. The van der Waals surface area contributed by atoms with Crippen molar-refractivity contribution in [1.29, 1.82) is 0 Å². The second kappa shape index (κ2) is 8.99. The molecule has 132 valence electrons. The second-order valence-corrected chi connectivity index (χ2v) is 5.82. The van der Waals surface area contributed by atoms with Crippen LogP contribution in [0.2, 0.25) is 0 Å². The Morgan fingerprint density at radius 1 is 1.24 bits per heavy atom. The molecule has 0 aliphatic heterocycles. The van der Waals surface area contributed by atoms with Crippen molar-refractivity contribution in [1.82, 2.24) is 5.32 Å². The highest BCUT2D eigenvalue weighted by Crippen LogP contribution is 2.26. The highest BCUT2D eigenvalue weighted by atomic mass is 16.5. The Morgan fingerprint density at radius 2 is 1.96 bits per heavy atom. The van der Waals surface area contributed by atoms with Gasteiger partial charge in [0.15, 0.2) is 0 Å². The lowest BCUT2D eigenvalue weighted by Crippen LogP contribution is -2.38. The summed E-state index contributed by atoms with van der Waals surface area (Å²) in [7, 11) is 0. The zero-order chi connectivity index (χ0) is 18.2. The Labute approximate surface area is 147 Å². The number of amides is 1. The Kier molecular flexibility index (Phi) is 6.71. The third-order valence-corrected chi connectivity index (χ3v) is 3.95. The predicted octanol–water partition coefficient (Wildman–Crippen LogP) is 3.45. The first kappa shape index (κ1) is 18.7. The maximum atomic E-state index is 12.4. The van der Waals surface area contributed by atoms with Crippen LogP contribution in [0.3, 0.4) is 0 Å². The van der Waals surface area contributed by atoms with Crippen LogP contribution < -0.4 is 5.32 Å². The van der Waals surface area contributed by atoms with Gasteiger partial charge in [0.05, 0.1) is 19.1 Å². The number of carbonyl (C=O) groups excluding carboxylic acids is 1. The smallest absolute Gasteiger partial charge is 0.305 e. The third kappa shape index (κ3) is 5.16. The van der Waals surface area contributed by atoms with Gasteiger partial charge < -0.3 is 15.2 Å². The molecule has 0 bridgehead atoms. The summed E-state index contributed by atoms with van der Waals surface area (Å²) in [6.45, 7) is 5.66. The highest BCUT2D eigenvalue weighted by Gasteiger charge is 2.23. The molecule has 5 heteroatoms. The molecule has 5 nitrogen and oxygen atoms in total. The molecule has 2 rings (SSSR count). The molecule has 2 aromatic carbocycles. The van der Waals surface area contributed by atoms with E-state index in [9.17, 15) is 14.7 Å². The molecule has 0 fully saturated rings.